The Morgan fingerprint density at radius 2 is 2.06 bits per heavy atom. The number of para-hydroxylation sites is 1. The Morgan fingerprint density at radius 1 is 1.31 bits per heavy atom. The van der Waals surface area contributed by atoms with Crippen LogP contribution in [-0.4, -0.2) is 12.6 Å². The fraction of sp³-hybridized carbons (Fsp3) is 0.417. The average molecular weight is 238 g/mol. The lowest BCUT2D eigenvalue weighted by Gasteiger charge is -2.08. The van der Waals surface area contributed by atoms with Crippen LogP contribution in [0.2, 0.25) is 0 Å². The zero-order valence-corrected chi connectivity index (χ0v) is 10.4. The standard InChI is InChI=1S/C12H18N2OS/c1-2-3-6-9-13-12(15)14-10-7-4-5-8-11(10)16/h4-5,7-8,16H,2-3,6,9H2,1H3,(H2,13,14,15). The fourth-order valence-corrected chi connectivity index (χ4v) is 1.54. The number of anilines is 1. The molecule has 0 heterocycles. The Hall–Kier alpha value is -1.16. The van der Waals surface area contributed by atoms with Gasteiger partial charge in [0.2, 0.25) is 0 Å². The van der Waals surface area contributed by atoms with E-state index in [1.54, 1.807) is 0 Å². The molecule has 0 radical (unpaired) electrons. The lowest BCUT2D eigenvalue weighted by atomic mass is 10.2. The van der Waals surface area contributed by atoms with Gasteiger partial charge in [0.25, 0.3) is 0 Å². The lowest BCUT2D eigenvalue weighted by Crippen LogP contribution is -2.29. The van der Waals surface area contributed by atoms with Crippen molar-refractivity contribution in [2.24, 2.45) is 0 Å². The van der Waals surface area contributed by atoms with Gasteiger partial charge in [-0.15, -0.1) is 12.6 Å². The summed E-state index contributed by atoms with van der Waals surface area (Å²) in [5.41, 5.74) is 0.735. The molecule has 0 aliphatic heterocycles. The zero-order chi connectivity index (χ0) is 11.8. The molecular weight excluding hydrogens is 220 g/mol. The van der Waals surface area contributed by atoms with Crippen LogP contribution in [0.25, 0.3) is 0 Å². The van der Waals surface area contributed by atoms with Crippen molar-refractivity contribution in [1.29, 1.82) is 0 Å². The van der Waals surface area contributed by atoms with Gasteiger partial charge in [-0.05, 0) is 18.6 Å². The fourth-order valence-electron chi connectivity index (χ4n) is 1.32. The zero-order valence-electron chi connectivity index (χ0n) is 9.49. The number of hydrogen-bond donors (Lipinski definition) is 3. The maximum atomic E-state index is 11.5. The second-order valence-corrected chi connectivity index (χ2v) is 4.09. The van der Waals surface area contributed by atoms with Crippen LogP contribution in [0, 0.1) is 0 Å². The molecule has 0 saturated heterocycles. The van der Waals surface area contributed by atoms with Crippen LogP contribution < -0.4 is 10.6 Å². The molecule has 0 aromatic heterocycles. The molecule has 0 saturated carbocycles. The molecule has 1 aromatic rings. The highest BCUT2D eigenvalue weighted by Gasteiger charge is 2.02. The molecule has 3 nitrogen and oxygen atoms in total. The molecule has 2 N–H and O–H groups in total. The summed E-state index contributed by atoms with van der Waals surface area (Å²) in [6, 6.07) is 7.25. The van der Waals surface area contributed by atoms with Gasteiger partial charge in [-0.3, -0.25) is 0 Å². The third-order valence-electron chi connectivity index (χ3n) is 2.22. The molecule has 0 spiro atoms. The van der Waals surface area contributed by atoms with Crippen LogP contribution in [0.3, 0.4) is 0 Å². The van der Waals surface area contributed by atoms with Gasteiger partial charge >= 0.3 is 6.03 Å². The molecule has 0 fully saturated rings. The largest absolute Gasteiger partial charge is 0.338 e. The highest BCUT2D eigenvalue weighted by atomic mass is 32.1. The van der Waals surface area contributed by atoms with Gasteiger partial charge in [0.15, 0.2) is 0 Å². The summed E-state index contributed by atoms with van der Waals surface area (Å²) in [4.78, 5) is 12.2. The Morgan fingerprint density at radius 3 is 2.75 bits per heavy atom. The number of urea groups is 1. The molecule has 1 rings (SSSR count). The van der Waals surface area contributed by atoms with Crippen molar-refractivity contribution < 1.29 is 4.79 Å². The number of nitrogens with one attached hydrogen (secondary N) is 2. The average Bonchev–Trinajstić information content (AvgIpc) is 2.28. The van der Waals surface area contributed by atoms with Gasteiger partial charge in [0.05, 0.1) is 5.69 Å². The van der Waals surface area contributed by atoms with Gasteiger partial charge < -0.3 is 10.6 Å². The molecule has 1 aromatic carbocycles. The second-order valence-electron chi connectivity index (χ2n) is 3.61. The van der Waals surface area contributed by atoms with E-state index in [1.165, 1.54) is 0 Å². The Bertz CT molecular complexity index is 342. The first-order valence-electron chi connectivity index (χ1n) is 5.57. The molecule has 4 heteroatoms. The predicted molar refractivity (Wildman–Crippen MR) is 70.2 cm³/mol. The molecule has 0 atom stereocenters. The van der Waals surface area contributed by atoms with E-state index in [0.29, 0.717) is 6.54 Å². The van der Waals surface area contributed by atoms with Gasteiger partial charge in [-0.25, -0.2) is 4.79 Å². The van der Waals surface area contributed by atoms with Crippen LogP contribution in [-0.2, 0) is 0 Å². The van der Waals surface area contributed by atoms with Crippen molar-refractivity contribution in [1.82, 2.24) is 5.32 Å². The van der Waals surface area contributed by atoms with E-state index in [2.05, 4.69) is 30.2 Å². The third-order valence-corrected chi connectivity index (χ3v) is 2.61. The van der Waals surface area contributed by atoms with Crippen molar-refractivity contribution in [2.75, 3.05) is 11.9 Å². The number of rotatable bonds is 5. The summed E-state index contributed by atoms with van der Waals surface area (Å²) in [5.74, 6) is 0. The van der Waals surface area contributed by atoms with Crippen molar-refractivity contribution in [3.63, 3.8) is 0 Å². The van der Waals surface area contributed by atoms with Crippen molar-refractivity contribution >= 4 is 24.3 Å². The van der Waals surface area contributed by atoms with E-state index >= 15 is 0 Å². The van der Waals surface area contributed by atoms with Crippen molar-refractivity contribution in [3.8, 4) is 0 Å². The minimum Gasteiger partial charge on any atom is -0.338 e. The van der Waals surface area contributed by atoms with Crippen molar-refractivity contribution in [3.05, 3.63) is 24.3 Å². The molecule has 0 bridgehead atoms. The summed E-state index contributed by atoms with van der Waals surface area (Å²) in [6.07, 6.45) is 3.32. The maximum Gasteiger partial charge on any atom is 0.319 e. The summed E-state index contributed by atoms with van der Waals surface area (Å²) in [5, 5.41) is 5.57. The van der Waals surface area contributed by atoms with Gasteiger partial charge in [0.1, 0.15) is 0 Å². The minimum absolute atomic E-state index is 0.169. The predicted octanol–water partition coefficient (Wildman–Crippen LogP) is 3.29. The topological polar surface area (TPSA) is 41.1 Å². The SMILES string of the molecule is CCCCCNC(=O)Nc1ccccc1S. The smallest absolute Gasteiger partial charge is 0.319 e. The number of amides is 2. The monoisotopic (exact) mass is 238 g/mol. The van der Waals surface area contributed by atoms with Crippen LogP contribution in [0.1, 0.15) is 26.2 Å². The van der Waals surface area contributed by atoms with Crippen LogP contribution in [0.15, 0.2) is 29.2 Å². The summed E-state index contributed by atoms with van der Waals surface area (Å²) < 4.78 is 0. The molecule has 0 aliphatic rings. The summed E-state index contributed by atoms with van der Waals surface area (Å²) in [6.45, 7) is 2.85. The van der Waals surface area contributed by atoms with E-state index in [4.69, 9.17) is 0 Å². The van der Waals surface area contributed by atoms with Crippen LogP contribution >= 0.6 is 12.6 Å². The quantitative estimate of drug-likeness (QED) is 0.535. The molecule has 0 unspecified atom stereocenters. The van der Waals surface area contributed by atoms with Crippen molar-refractivity contribution in [2.45, 2.75) is 31.1 Å². The van der Waals surface area contributed by atoms with Crippen LogP contribution in [0.4, 0.5) is 10.5 Å². The highest BCUT2D eigenvalue weighted by molar-refractivity contribution is 7.80. The second kappa shape index (κ2) is 7.17. The molecular formula is C12H18N2OS. The normalized spacial score (nSPS) is 9.88. The molecule has 2 amide bonds. The first-order valence-corrected chi connectivity index (χ1v) is 6.01. The van der Waals surface area contributed by atoms with E-state index in [0.717, 1.165) is 29.8 Å². The minimum atomic E-state index is -0.169. The first-order chi connectivity index (χ1) is 7.74. The molecule has 0 aliphatic carbocycles. The number of carbonyl (C=O) groups excluding carboxylic acids is 1. The number of unbranched alkanes of at least 4 members (excludes halogenated alkanes) is 2. The van der Waals surface area contributed by atoms with Gasteiger partial charge in [-0.2, -0.15) is 0 Å². The third kappa shape index (κ3) is 4.57. The van der Waals surface area contributed by atoms with Gasteiger partial charge in [-0.1, -0.05) is 31.9 Å². The van der Waals surface area contributed by atoms with E-state index < -0.39 is 0 Å². The first kappa shape index (κ1) is 12.9. The van der Waals surface area contributed by atoms with Gasteiger partial charge in [0, 0.05) is 11.4 Å². The number of carbonyl (C=O) groups is 1. The Labute approximate surface area is 102 Å². The van der Waals surface area contributed by atoms with E-state index in [-0.39, 0.29) is 6.03 Å². The molecule has 16 heavy (non-hydrogen) atoms. The Balaban J connectivity index is 2.32. The maximum absolute atomic E-state index is 11.5. The molecule has 88 valence electrons. The highest BCUT2D eigenvalue weighted by Crippen LogP contribution is 2.17. The van der Waals surface area contributed by atoms with E-state index in [1.807, 2.05) is 24.3 Å². The Kier molecular flexibility index (Phi) is 5.78. The summed E-state index contributed by atoms with van der Waals surface area (Å²) in [7, 11) is 0. The summed E-state index contributed by atoms with van der Waals surface area (Å²) >= 11 is 4.25. The van der Waals surface area contributed by atoms with E-state index in [9.17, 15) is 4.79 Å². The number of thiol groups is 1. The number of hydrogen-bond acceptors (Lipinski definition) is 2. The number of benzene rings is 1. The lowest BCUT2D eigenvalue weighted by molar-refractivity contribution is 0.252. The van der Waals surface area contributed by atoms with Crippen LogP contribution in [0.5, 0.6) is 0 Å².